The Morgan fingerprint density at radius 1 is 1.33 bits per heavy atom. The fraction of sp³-hybridized carbons (Fsp3) is 0.500. The number of nitrogens with one attached hydrogen (secondary N) is 1. The lowest BCUT2D eigenvalue weighted by Gasteiger charge is -2.17. The maximum absolute atomic E-state index is 12.2. The highest BCUT2D eigenvalue weighted by molar-refractivity contribution is 5.95. The summed E-state index contributed by atoms with van der Waals surface area (Å²) in [6.07, 6.45) is 2.99. The van der Waals surface area contributed by atoms with E-state index in [4.69, 9.17) is 9.47 Å². The van der Waals surface area contributed by atoms with E-state index in [0.29, 0.717) is 0 Å². The van der Waals surface area contributed by atoms with Gasteiger partial charge >= 0.3 is 5.97 Å². The minimum atomic E-state index is -0.998. The third-order valence-electron chi connectivity index (χ3n) is 3.97. The second kappa shape index (κ2) is 7.76. The molecule has 0 saturated heterocycles. The first-order chi connectivity index (χ1) is 11.4. The predicted octanol–water partition coefficient (Wildman–Crippen LogP) is 2.21. The average molecular weight is 336 g/mol. The number of carbonyl (C=O) groups excluding carboxylic acids is 2. The second-order valence-electron chi connectivity index (χ2n) is 5.68. The maximum atomic E-state index is 12.2. The number of nitro groups is 1. The van der Waals surface area contributed by atoms with Crippen LogP contribution >= 0.6 is 0 Å². The molecule has 1 aromatic carbocycles. The molecular formula is C16H20N2O6. The van der Waals surface area contributed by atoms with Crippen LogP contribution in [-0.2, 0) is 9.53 Å². The van der Waals surface area contributed by atoms with Crippen LogP contribution in [0.25, 0.3) is 0 Å². The number of nitrogens with zero attached hydrogens (tertiary/aromatic N) is 1. The normalized spacial score (nSPS) is 15.6. The van der Waals surface area contributed by atoms with Gasteiger partial charge in [0.2, 0.25) is 0 Å². The van der Waals surface area contributed by atoms with Crippen LogP contribution in [0.3, 0.4) is 0 Å². The summed E-state index contributed by atoms with van der Waals surface area (Å²) in [6.45, 7) is 1.46. The molecule has 1 aliphatic carbocycles. The molecule has 0 spiro atoms. The number of rotatable bonds is 6. The van der Waals surface area contributed by atoms with E-state index in [1.54, 1.807) is 0 Å². The molecule has 8 nitrogen and oxygen atoms in total. The van der Waals surface area contributed by atoms with Crippen LogP contribution in [0.5, 0.6) is 5.75 Å². The molecule has 0 unspecified atom stereocenters. The third kappa shape index (κ3) is 4.21. The van der Waals surface area contributed by atoms with Gasteiger partial charge in [-0.05, 0) is 25.8 Å². The number of esters is 1. The molecule has 1 N–H and O–H groups in total. The van der Waals surface area contributed by atoms with Crippen molar-refractivity contribution in [1.29, 1.82) is 0 Å². The number of hydrogen-bond acceptors (Lipinski definition) is 6. The molecule has 0 bridgehead atoms. The molecule has 1 saturated carbocycles. The summed E-state index contributed by atoms with van der Waals surface area (Å²) in [5.74, 6) is -1.07. The summed E-state index contributed by atoms with van der Waals surface area (Å²) in [4.78, 5) is 34.5. The minimum Gasteiger partial charge on any atom is -0.496 e. The molecule has 24 heavy (non-hydrogen) atoms. The zero-order valence-corrected chi connectivity index (χ0v) is 13.6. The molecule has 1 aliphatic rings. The third-order valence-corrected chi connectivity index (χ3v) is 3.97. The number of carbonyl (C=O) groups is 2. The van der Waals surface area contributed by atoms with Crippen LogP contribution in [0, 0.1) is 10.1 Å². The fourth-order valence-corrected chi connectivity index (χ4v) is 2.64. The molecule has 0 aliphatic heterocycles. The van der Waals surface area contributed by atoms with Crippen molar-refractivity contribution in [3.63, 3.8) is 0 Å². The van der Waals surface area contributed by atoms with E-state index < -0.39 is 17.0 Å². The number of hydrogen-bond donors (Lipinski definition) is 1. The standard InChI is InChI=1S/C16H20N2O6/c1-10(15(19)17-11-5-3-4-6-11)24-16(20)13-9-12(18(21)22)7-8-14(13)23-2/h7-11H,3-6H2,1-2H3,(H,17,19)/t10-/m1/s1. The van der Waals surface area contributed by atoms with Crippen molar-refractivity contribution >= 4 is 17.6 Å². The van der Waals surface area contributed by atoms with Gasteiger partial charge in [0, 0.05) is 18.2 Å². The van der Waals surface area contributed by atoms with Crippen LogP contribution in [0.4, 0.5) is 5.69 Å². The van der Waals surface area contributed by atoms with Crippen LogP contribution in [-0.4, -0.2) is 36.1 Å². The summed E-state index contributed by atoms with van der Waals surface area (Å²) < 4.78 is 10.2. The lowest BCUT2D eigenvalue weighted by molar-refractivity contribution is -0.384. The zero-order valence-electron chi connectivity index (χ0n) is 13.6. The molecule has 0 radical (unpaired) electrons. The average Bonchev–Trinajstić information content (AvgIpc) is 3.06. The predicted molar refractivity (Wildman–Crippen MR) is 84.9 cm³/mol. The minimum absolute atomic E-state index is 0.0905. The van der Waals surface area contributed by atoms with Gasteiger partial charge in [-0.2, -0.15) is 0 Å². The van der Waals surface area contributed by atoms with Crippen LogP contribution in [0.15, 0.2) is 18.2 Å². The molecular weight excluding hydrogens is 316 g/mol. The quantitative estimate of drug-likeness (QED) is 0.485. The molecule has 2 rings (SSSR count). The van der Waals surface area contributed by atoms with E-state index in [-0.39, 0.29) is 28.9 Å². The molecule has 8 heteroatoms. The van der Waals surface area contributed by atoms with Gasteiger partial charge in [-0.25, -0.2) is 4.79 Å². The van der Waals surface area contributed by atoms with Crippen molar-refractivity contribution in [2.45, 2.75) is 44.8 Å². The summed E-state index contributed by atoms with van der Waals surface area (Å²) in [6, 6.07) is 3.73. The van der Waals surface area contributed by atoms with Crippen molar-refractivity contribution in [2.75, 3.05) is 7.11 Å². The summed E-state index contributed by atoms with van der Waals surface area (Å²) >= 11 is 0. The van der Waals surface area contributed by atoms with Crippen molar-refractivity contribution in [3.8, 4) is 5.75 Å². The summed E-state index contributed by atoms with van der Waals surface area (Å²) in [5.41, 5.74) is -0.349. The van der Waals surface area contributed by atoms with Gasteiger partial charge in [0.1, 0.15) is 11.3 Å². The van der Waals surface area contributed by atoms with Gasteiger partial charge in [0.05, 0.1) is 12.0 Å². The Labute approximate surface area is 139 Å². The van der Waals surface area contributed by atoms with E-state index in [1.807, 2.05) is 0 Å². The van der Waals surface area contributed by atoms with E-state index in [9.17, 15) is 19.7 Å². The van der Waals surface area contributed by atoms with Gasteiger partial charge < -0.3 is 14.8 Å². The molecule has 1 aromatic rings. The van der Waals surface area contributed by atoms with Crippen molar-refractivity contribution in [1.82, 2.24) is 5.32 Å². The van der Waals surface area contributed by atoms with Gasteiger partial charge in [0.25, 0.3) is 11.6 Å². The fourth-order valence-electron chi connectivity index (χ4n) is 2.64. The van der Waals surface area contributed by atoms with Crippen LogP contribution in [0.1, 0.15) is 43.0 Å². The van der Waals surface area contributed by atoms with Gasteiger partial charge in [-0.15, -0.1) is 0 Å². The Bertz CT molecular complexity index is 639. The first kappa shape index (κ1) is 17.7. The largest absolute Gasteiger partial charge is 0.496 e. The Balaban J connectivity index is 2.06. The van der Waals surface area contributed by atoms with Crippen LogP contribution in [0.2, 0.25) is 0 Å². The summed E-state index contributed by atoms with van der Waals surface area (Å²) in [7, 11) is 1.34. The van der Waals surface area contributed by atoms with Crippen molar-refractivity contribution in [2.24, 2.45) is 0 Å². The second-order valence-corrected chi connectivity index (χ2v) is 5.68. The van der Waals surface area contributed by atoms with Crippen molar-refractivity contribution < 1.29 is 24.0 Å². The monoisotopic (exact) mass is 336 g/mol. The van der Waals surface area contributed by atoms with E-state index in [1.165, 1.54) is 26.2 Å². The van der Waals surface area contributed by atoms with Gasteiger partial charge in [0.15, 0.2) is 6.10 Å². The molecule has 1 fully saturated rings. The van der Waals surface area contributed by atoms with Gasteiger partial charge in [-0.1, -0.05) is 12.8 Å². The highest BCUT2D eigenvalue weighted by atomic mass is 16.6. The lowest BCUT2D eigenvalue weighted by Crippen LogP contribution is -2.40. The van der Waals surface area contributed by atoms with Gasteiger partial charge in [-0.3, -0.25) is 14.9 Å². The number of non-ortho nitro benzene ring substituents is 1. The van der Waals surface area contributed by atoms with E-state index in [0.717, 1.165) is 31.7 Å². The number of methoxy groups -OCH3 is 1. The highest BCUT2D eigenvalue weighted by Crippen LogP contribution is 2.25. The highest BCUT2D eigenvalue weighted by Gasteiger charge is 2.25. The smallest absolute Gasteiger partial charge is 0.342 e. The zero-order chi connectivity index (χ0) is 17.7. The Morgan fingerprint density at radius 3 is 2.58 bits per heavy atom. The van der Waals surface area contributed by atoms with E-state index in [2.05, 4.69) is 5.32 Å². The topological polar surface area (TPSA) is 108 Å². The number of nitro benzene ring substituents is 1. The van der Waals surface area contributed by atoms with Crippen molar-refractivity contribution in [3.05, 3.63) is 33.9 Å². The lowest BCUT2D eigenvalue weighted by atomic mass is 10.1. The Morgan fingerprint density at radius 2 is 2.00 bits per heavy atom. The Hall–Kier alpha value is -2.64. The molecule has 0 aromatic heterocycles. The molecule has 1 atom stereocenters. The Kier molecular flexibility index (Phi) is 5.73. The number of ether oxygens (including phenoxy) is 2. The number of amides is 1. The summed E-state index contributed by atoms with van der Waals surface area (Å²) in [5, 5.41) is 13.7. The first-order valence-corrected chi connectivity index (χ1v) is 7.76. The maximum Gasteiger partial charge on any atom is 0.342 e. The van der Waals surface area contributed by atoms with Crippen LogP contribution < -0.4 is 10.1 Å². The number of benzene rings is 1. The molecule has 0 heterocycles. The van der Waals surface area contributed by atoms with E-state index >= 15 is 0 Å². The SMILES string of the molecule is COc1ccc([N+](=O)[O-])cc1C(=O)O[C@H](C)C(=O)NC1CCCC1. The first-order valence-electron chi connectivity index (χ1n) is 7.76. The molecule has 1 amide bonds. The molecule has 130 valence electrons.